The van der Waals surface area contributed by atoms with Crippen molar-refractivity contribution in [3.63, 3.8) is 0 Å². The Labute approximate surface area is 434 Å². The first-order valence-electron chi connectivity index (χ1n) is 25.0. The molecule has 403 valence electrons. The lowest BCUT2D eigenvalue weighted by atomic mass is 9.84. The topological polar surface area (TPSA) is 135 Å². The summed E-state index contributed by atoms with van der Waals surface area (Å²) in [6, 6.07) is 7.38. The standard InChI is InChI=1S/C43H42ClF8N7O2.C8H18O2.C2H6B/c1-4-5-31(53)35-21(2)33(9-7-30(35)44)58(41(61)27-6-8-32(56-40(27)54-3)23-10-12-42(49,50)13-11-23)19-26(16-22-14-24(45)17-25(46)15-22)55-34(60)20-59-38-36(37(57-59)39(47)48)28-18-29(28)43(38,51)52;1-3-4-5-6-10-8-7-9-2;1-3-2/h6-9,14-15,17,23,26,28-29,39,53H,3-5,10-13,16,18-20H2,1-2H3,(H,55,60);3-8H2,1-2H3;1-2H3. The number of carbonyl (C=O) groups is 2. The van der Waals surface area contributed by atoms with E-state index in [-0.39, 0.29) is 83.4 Å². The third-order valence-electron chi connectivity index (χ3n) is 13.1. The number of anilines is 1. The van der Waals surface area contributed by atoms with Crippen LogP contribution in [0.3, 0.4) is 0 Å². The van der Waals surface area contributed by atoms with Crippen molar-refractivity contribution in [1.82, 2.24) is 20.1 Å². The molecule has 3 atom stereocenters. The molecule has 7 rings (SSSR count). The van der Waals surface area contributed by atoms with Gasteiger partial charge < -0.3 is 25.1 Å². The molecule has 4 aromatic rings. The van der Waals surface area contributed by atoms with E-state index >= 15 is 8.78 Å². The number of benzene rings is 2. The highest BCUT2D eigenvalue weighted by atomic mass is 35.5. The van der Waals surface area contributed by atoms with Gasteiger partial charge in [-0.3, -0.25) is 14.3 Å². The van der Waals surface area contributed by atoms with Crippen molar-refractivity contribution in [1.29, 1.82) is 5.41 Å². The minimum atomic E-state index is -3.51. The summed E-state index contributed by atoms with van der Waals surface area (Å²) in [7, 11) is 3.69. The van der Waals surface area contributed by atoms with Crippen LogP contribution in [0.15, 0.2) is 47.5 Å². The molecule has 2 amide bonds. The summed E-state index contributed by atoms with van der Waals surface area (Å²) >= 11 is 6.61. The molecule has 3 unspecified atom stereocenters. The number of aromatic nitrogens is 3. The first-order valence-corrected chi connectivity index (χ1v) is 25.4. The summed E-state index contributed by atoms with van der Waals surface area (Å²) in [5.41, 5.74) is -0.391. The minimum Gasteiger partial charge on any atom is -0.382 e. The molecule has 0 aliphatic heterocycles. The van der Waals surface area contributed by atoms with Gasteiger partial charge in [-0.15, -0.1) is 0 Å². The van der Waals surface area contributed by atoms with Gasteiger partial charge in [-0.25, -0.2) is 36.3 Å². The number of halogens is 9. The van der Waals surface area contributed by atoms with E-state index in [2.05, 4.69) is 34.0 Å². The van der Waals surface area contributed by atoms with Crippen molar-refractivity contribution in [2.24, 2.45) is 10.9 Å². The van der Waals surface area contributed by atoms with Crippen LogP contribution in [-0.4, -0.2) is 91.7 Å². The molecule has 2 aromatic carbocycles. The van der Waals surface area contributed by atoms with Gasteiger partial charge in [0, 0.05) is 79.2 Å². The molecule has 0 bridgehead atoms. The first-order chi connectivity index (χ1) is 35.2. The van der Waals surface area contributed by atoms with Crippen LogP contribution in [0.5, 0.6) is 0 Å². The van der Waals surface area contributed by atoms with E-state index in [0.29, 0.717) is 47.0 Å². The van der Waals surface area contributed by atoms with Crippen LogP contribution >= 0.6 is 11.6 Å². The third kappa shape index (κ3) is 15.0. The summed E-state index contributed by atoms with van der Waals surface area (Å²) < 4.78 is 127. The molecule has 2 aromatic heterocycles. The summed E-state index contributed by atoms with van der Waals surface area (Å²) in [6.45, 7) is 14.2. The van der Waals surface area contributed by atoms with E-state index in [0.717, 1.165) is 25.3 Å². The Morgan fingerprint density at radius 3 is 2.30 bits per heavy atom. The van der Waals surface area contributed by atoms with Crippen molar-refractivity contribution in [2.75, 3.05) is 38.4 Å². The number of alkyl halides is 6. The second-order valence-electron chi connectivity index (χ2n) is 18.9. The molecule has 0 saturated heterocycles. The molecule has 3 aliphatic rings. The quantitative estimate of drug-likeness (QED) is 0.0348. The number of aliphatic imine (C=N–C) groups is 1. The van der Waals surface area contributed by atoms with Gasteiger partial charge in [0.1, 0.15) is 36.8 Å². The van der Waals surface area contributed by atoms with Crippen LogP contribution in [-0.2, 0) is 33.2 Å². The summed E-state index contributed by atoms with van der Waals surface area (Å²) in [5.74, 6) is -12.4. The van der Waals surface area contributed by atoms with Gasteiger partial charge in [0.15, 0.2) is 5.82 Å². The number of unbranched alkanes of at least 4 members (excludes halogenated alkanes) is 2. The first kappa shape index (κ1) is 59.7. The number of fused-ring (bicyclic) bond motifs is 3. The van der Waals surface area contributed by atoms with Crippen LogP contribution in [0.1, 0.15) is 146 Å². The highest BCUT2D eigenvalue weighted by Crippen LogP contribution is 2.68. The van der Waals surface area contributed by atoms with E-state index in [4.69, 9.17) is 26.5 Å². The summed E-state index contributed by atoms with van der Waals surface area (Å²) in [6.07, 6.45) is 0.767. The Morgan fingerprint density at radius 2 is 1.69 bits per heavy atom. The fourth-order valence-electron chi connectivity index (χ4n) is 9.54. The molecule has 21 heteroatoms. The van der Waals surface area contributed by atoms with Crippen LogP contribution in [0.4, 0.5) is 46.6 Å². The normalized spacial score (nSPS) is 17.5. The van der Waals surface area contributed by atoms with Gasteiger partial charge in [0.25, 0.3) is 18.3 Å². The lowest BCUT2D eigenvalue weighted by Gasteiger charge is -2.31. The predicted molar refractivity (Wildman–Crippen MR) is 273 cm³/mol. The molecule has 74 heavy (non-hydrogen) atoms. The zero-order chi connectivity index (χ0) is 54.5. The van der Waals surface area contributed by atoms with Gasteiger partial charge in [0.05, 0.1) is 29.8 Å². The number of hydrogen-bond acceptors (Lipinski definition) is 8. The number of pyridine rings is 1. The van der Waals surface area contributed by atoms with Crippen LogP contribution in [0.25, 0.3) is 0 Å². The van der Waals surface area contributed by atoms with E-state index in [1.165, 1.54) is 48.4 Å². The Balaban J connectivity index is 0.000000692. The van der Waals surface area contributed by atoms with Crippen molar-refractivity contribution < 1.29 is 54.2 Å². The number of carbonyl (C=O) groups excluding carboxylic acids is 2. The lowest BCUT2D eigenvalue weighted by molar-refractivity contribution is -0.122. The molecule has 3 aliphatic carbocycles. The van der Waals surface area contributed by atoms with Crippen molar-refractivity contribution in [2.45, 2.75) is 148 Å². The predicted octanol–water partition coefficient (Wildman–Crippen LogP) is 13.2. The second kappa shape index (κ2) is 27.0. The molecule has 0 spiro atoms. The largest absolute Gasteiger partial charge is 0.382 e. The molecule has 11 nitrogen and oxygen atoms in total. The maximum atomic E-state index is 15.4. The van der Waals surface area contributed by atoms with Crippen molar-refractivity contribution in [3.05, 3.63) is 104 Å². The zero-order valence-electron chi connectivity index (χ0n) is 42.8. The van der Waals surface area contributed by atoms with Gasteiger partial charge in [0.2, 0.25) is 11.8 Å². The van der Waals surface area contributed by atoms with Gasteiger partial charge in [-0.2, -0.15) is 13.9 Å². The Morgan fingerprint density at radius 1 is 1.01 bits per heavy atom. The Hall–Kier alpha value is -5.21. The fourth-order valence-corrected chi connectivity index (χ4v) is 9.85. The average Bonchev–Trinajstić information content (AvgIpc) is 4.00. The third-order valence-corrected chi connectivity index (χ3v) is 13.4. The van der Waals surface area contributed by atoms with E-state index in [1.807, 2.05) is 27.8 Å². The fraction of sp³-hybridized carbons (Fsp3) is 0.547. The van der Waals surface area contributed by atoms with Gasteiger partial charge in [-0.1, -0.05) is 58.4 Å². The molecular formula is C53H66BClF8N7O4. The smallest absolute Gasteiger partial charge is 0.293 e. The Kier molecular flexibility index (Phi) is 21.8. The van der Waals surface area contributed by atoms with E-state index in [9.17, 15) is 35.9 Å². The molecule has 1 radical (unpaired) electrons. The van der Waals surface area contributed by atoms with Gasteiger partial charge >= 0.3 is 0 Å². The minimum absolute atomic E-state index is 0.0122. The van der Waals surface area contributed by atoms with Crippen LogP contribution in [0, 0.1) is 29.9 Å². The number of amides is 2. The number of nitrogens with zero attached hydrogens (tertiary/aromatic N) is 5. The number of ether oxygens (including phenoxy) is 2. The van der Waals surface area contributed by atoms with E-state index in [1.54, 1.807) is 14.0 Å². The van der Waals surface area contributed by atoms with Crippen molar-refractivity contribution >= 4 is 54.6 Å². The average molecular weight is 1060 g/mol. The lowest BCUT2D eigenvalue weighted by Crippen LogP contribution is -2.48. The number of nitrogens with one attached hydrogen (secondary N) is 2. The number of hydrogen-bond donors (Lipinski definition) is 2. The molecule has 2 saturated carbocycles. The summed E-state index contributed by atoms with van der Waals surface area (Å²) in [4.78, 5) is 38.5. The maximum Gasteiger partial charge on any atom is 0.293 e. The SMILES string of the molecule is C=Nc1nc(C2CCC(F)(F)CC2)ccc1C(=O)N(CC(Cc1cc(F)cc(F)c1)NC(=O)Cn1nc(C(F)F)c2c1C(F)(F)C1CC21)c1ccc(Cl)c(C(=N)CCC)c1C.CCCCCOCCOC.C[B]C. The monoisotopic (exact) mass is 1060 g/mol. The number of rotatable bonds is 22. The number of methoxy groups -OCH3 is 1. The molecule has 2 heterocycles. The molecular weight excluding hydrogens is 997 g/mol. The second-order valence-corrected chi connectivity index (χ2v) is 19.3. The maximum absolute atomic E-state index is 15.4. The summed E-state index contributed by atoms with van der Waals surface area (Å²) in [5, 5.41) is 15.4. The van der Waals surface area contributed by atoms with Crippen LogP contribution in [0.2, 0.25) is 18.7 Å². The molecule has 2 fully saturated rings. The zero-order valence-corrected chi connectivity index (χ0v) is 43.6. The van der Waals surface area contributed by atoms with Crippen molar-refractivity contribution in [3.8, 4) is 0 Å². The molecule has 2 N–H and O–H groups in total. The van der Waals surface area contributed by atoms with Crippen LogP contribution < -0.4 is 10.2 Å². The highest BCUT2D eigenvalue weighted by molar-refractivity contribution is 6.34. The van der Waals surface area contributed by atoms with Gasteiger partial charge in [-0.05, 0) is 106 Å². The highest BCUT2D eigenvalue weighted by Gasteiger charge is 2.67. The Bertz CT molecular complexity index is 2550. The van der Waals surface area contributed by atoms with E-state index < -0.39 is 84.1 Å².